The van der Waals surface area contributed by atoms with E-state index in [1.54, 1.807) is 24.3 Å². The number of nitrogens with zero attached hydrogens (tertiary/aromatic N) is 2. The van der Waals surface area contributed by atoms with Crippen molar-refractivity contribution in [3.05, 3.63) is 64.1 Å². The Kier molecular flexibility index (Phi) is 4.38. The molecule has 0 radical (unpaired) electrons. The van der Waals surface area contributed by atoms with E-state index < -0.39 is 6.73 Å². The highest BCUT2D eigenvalue weighted by molar-refractivity contribution is 8.27. The first-order valence-corrected chi connectivity index (χ1v) is 9.57. The van der Waals surface area contributed by atoms with Crippen LogP contribution < -0.4 is 9.80 Å². The minimum absolute atomic E-state index is 0.296. The molecule has 2 aromatic rings. The fourth-order valence-electron chi connectivity index (χ4n) is 3.34. The van der Waals surface area contributed by atoms with Gasteiger partial charge in [0.2, 0.25) is 0 Å². The summed E-state index contributed by atoms with van der Waals surface area (Å²) in [5.41, 5.74) is 4.28. The van der Waals surface area contributed by atoms with E-state index in [2.05, 4.69) is 0 Å². The number of para-hydroxylation sites is 1. The lowest BCUT2D eigenvalue weighted by molar-refractivity contribution is -0.115. The molecule has 2 amide bonds. The van der Waals surface area contributed by atoms with Gasteiger partial charge in [0.05, 0.1) is 21.9 Å². The van der Waals surface area contributed by atoms with E-state index in [-0.39, 0.29) is 11.8 Å². The van der Waals surface area contributed by atoms with Gasteiger partial charge >= 0.3 is 0 Å². The van der Waals surface area contributed by atoms with Gasteiger partial charge in [0.15, 0.2) is 4.32 Å². The van der Waals surface area contributed by atoms with Crippen LogP contribution in [-0.4, -0.2) is 28.0 Å². The minimum Gasteiger partial charge on any atom is -0.376 e. The van der Waals surface area contributed by atoms with Gasteiger partial charge in [-0.3, -0.25) is 19.4 Å². The monoisotopic (exact) mass is 396 g/mol. The van der Waals surface area contributed by atoms with Crippen molar-refractivity contribution in [1.82, 2.24) is 0 Å². The molecule has 2 aliphatic heterocycles. The molecule has 4 rings (SSSR count). The van der Waals surface area contributed by atoms with Crippen molar-refractivity contribution < 1.29 is 14.7 Å². The maximum atomic E-state index is 13.2. The van der Waals surface area contributed by atoms with Crippen LogP contribution in [0.25, 0.3) is 5.57 Å². The molecule has 0 bridgehead atoms. The minimum atomic E-state index is -0.448. The summed E-state index contributed by atoms with van der Waals surface area (Å²) >= 11 is 6.60. The summed E-state index contributed by atoms with van der Waals surface area (Å²) in [6, 6.07) is 12.8. The van der Waals surface area contributed by atoms with Crippen molar-refractivity contribution >= 4 is 57.1 Å². The number of amides is 2. The Balaban J connectivity index is 1.87. The summed E-state index contributed by atoms with van der Waals surface area (Å²) in [7, 11) is 0. The Morgan fingerprint density at radius 3 is 2.44 bits per heavy atom. The van der Waals surface area contributed by atoms with Crippen LogP contribution in [0, 0.1) is 13.8 Å². The lowest BCUT2D eigenvalue weighted by atomic mass is 10.1. The molecule has 136 valence electrons. The number of rotatable bonds is 2. The number of thiocarbonyl (C=S) groups is 1. The lowest BCUT2D eigenvalue weighted by Crippen LogP contribution is -2.30. The summed E-state index contributed by atoms with van der Waals surface area (Å²) in [6.07, 6.45) is 0. The predicted molar refractivity (Wildman–Crippen MR) is 112 cm³/mol. The van der Waals surface area contributed by atoms with Crippen molar-refractivity contribution in [2.75, 3.05) is 16.5 Å². The Morgan fingerprint density at radius 1 is 1.00 bits per heavy atom. The standard InChI is InChI=1S/C20H16N2O3S2/c1-11-6-5-9-14(12(11)2)22-19(25)17(27-20(22)26)16-13-7-3-4-8-15(13)21(10-23)18(16)24/h3-9,23H,10H2,1-2H3/b17-16-. The van der Waals surface area contributed by atoms with Crippen LogP contribution in [0.1, 0.15) is 16.7 Å². The van der Waals surface area contributed by atoms with Gasteiger partial charge in [-0.1, -0.05) is 54.3 Å². The van der Waals surface area contributed by atoms with Gasteiger partial charge in [-0.25, -0.2) is 0 Å². The van der Waals surface area contributed by atoms with Crippen molar-refractivity contribution in [3.63, 3.8) is 0 Å². The average molecular weight is 396 g/mol. The zero-order valence-corrected chi connectivity index (χ0v) is 16.4. The zero-order chi connectivity index (χ0) is 19.3. The molecule has 2 heterocycles. The molecule has 27 heavy (non-hydrogen) atoms. The number of aliphatic hydroxyl groups excluding tert-OH is 1. The largest absolute Gasteiger partial charge is 0.376 e. The molecular formula is C20H16N2O3S2. The van der Waals surface area contributed by atoms with Crippen molar-refractivity contribution in [2.24, 2.45) is 0 Å². The summed E-state index contributed by atoms with van der Waals surface area (Å²) in [5.74, 6) is -0.697. The van der Waals surface area contributed by atoms with Gasteiger partial charge in [0.25, 0.3) is 11.8 Å². The van der Waals surface area contributed by atoms with Gasteiger partial charge in [0.1, 0.15) is 6.73 Å². The molecule has 0 saturated carbocycles. The molecule has 5 nitrogen and oxygen atoms in total. The molecule has 1 fully saturated rings. The highest BCUT2D eigenvalue weighted by atomic mass is 32.2. The van der Waals surface area contributed by atoms with Crippen LogP contribution in [0.4, 0.5) is 11.4 Å². The number of anilines is 2. The summed E-state index contributed by atoms with van der Waals surface area (Å²) in [5, 5.41) is 9.61. The third-order valence-corrected chi connectivity index (χ3v) is 6.25. The second kappa shape index (κ2) is 6.60. The van der Waals surface area contributed by atoms with E-state index in [9.17, 15) is 14.7 Å². The number of aliphatic hydroxyl groups is 1. The van der Waals surface area contributed by atoms with Crippen LogP contribution >= 0.6 is 24.0 Å². The molecule has 0 aliphatic carbocycles. The average Bonchev–Trinajstić information content (AvgIpc) is 3.10. The molecule has 0 unspecified atom stereocenters. The first-order chi connectivity index (χ1) is 13.0. The summed E-state index contributed by atoms with van der Waals surface area (Å²) in [6.45, 7) is 3.47. The molecule has 1 saturated heterocycles. The first-order valence-electron chi connectivity index (χ1n) is 8.34. The quantitative estimate of drug-likeness (QED) is 0.623. The zero-order valence-electron chi connectivity index (χ0n) is 14.7. The molecule has 7 heteroatoms. The Morgan fingerprint density at radius 2 is 1.70 bits per heavy atom. The van der Waals surface area contributed by atoms with Crippen molar-refractivity contribution in [1.29, 1.82) is 0 Å². The van der Waals surface area contributed by atoms with Crippen molar-refractivity contribution in [3.8, 4) is 0 Å². The predicted octanol–water partition coefficient (Wildman–Crippen LogP) is 3.38. The normalized spacial score (nSPS) is 19.3. The Bertz CT molecular complexity index is 1050. The van der Waals surface area contributed by atoms with E-state index >= 15 is 0 Å². The van der Waals surface area contributed by atoms with Crippen molar-refractivity contribution in [2.45, 2.75) is 13.8 Å². The highest BCUT2D eigenvalue weighted by Gasteiger charge is 2.42. The number of carbonyl (C=O) groups is 2. The van der Waals surface area contributed by atoms with Gasteiger partial charge in [-0.15, -0.1) is 0 Å². The number of aryl methyl sites for hydroxylation is 1. The van der Waals surface area contributed by atoms with Gasteiger partial charge in [-0.2, -0.15) is 0 Å². The molecule has 0 spiro atoms. The Hall–Kier alpha value is -2.48. The molecular weight excluding hydrogens is 380 g/mol. The van der Waals surface area contributed by atoms with Gasteiger partial charge in [-0.05, 0) is 37.1 Å². The van der Waals surface area contributed by atoms with Crippen LogP contribution in [0.3, 0.4) is 0 Å². The summed E-state index contributed by atoms with van der Waals surface area (Å²) < 4.78 is 0.393. The molecule has 1 N–H and O–H groups in total. The third-order valence-electron chi connectivity index (χ3n) is 4.88. The highest BCUT2D eigenvalue weighted by Crippen LogP contribution is 2.45. The molecule has 2 aromatic carbocycles. The number of hydrogen-bond donors (Lipinski definition) is 1. The number of carbonyl (C=O) groups excluding carboxylic acids is 2. The second-order valence-electron chi connectivity index (χ2n) is 6.32. The van der Waals surface area contributed by atoms with E-state index in [0.29, 0.717) is 26.0 Å². The SMILES string of the molecule is Cc1cccc(N2C(=O)/C(=C3/C(=O)N(CO)c4ccccc43)SC2=S)c1C. The first kappa shape index (κ1) is 17.9. The maximum Gasteiger partial charge on any atom is 0.271 e. The maximum absolute atomic E-state index is 13.2. The summed E-state index contributed by atoms with van der Waals surface area (Å²) in [4.78, 5) is 29.2. The Labute approximate surface area is 166 Å². The fourth-order valence-corrected chi connectivity index (χ4v) is 4.70. The lowest BCUT2D eigenvalue weighted by Gasteiger charge is -2.18. The smallest absolute Gasteiger partial charge is 0.271 e. The van der Waals surface area contributed by atoms with Gasteiger partial charge < -0.3 is 5.11 Å². The van der Waals surface area contributed by atoms with E-state index in [4.69, 9.17) is 12.2 Å². The van der Waals surface area contributed by atoms with Crippen LogP contribution in [0.5, 0.6) is 0 Å². The number of fused-ring (bicyclic) bond motifs is 1. The second-order valence-corrected chi connectivity index (χ2v) is 7.97. The van der Waals surface area contributed by atoms with E-state index in [1.165, 1.54) is 9.80 Å². The van der Waals surface area contributed by atoms with E-state index in [0.717, 1.165) is 28.6 Å². The molecule has 0 aromatic heterocycles. The molecule has 0 atom stereocenters. The van der Waals surface area contributed by atoms with Gasteiger partial charge in [0, 0.05) is 5.56 Å². The van der Waals surface area contributed by atoms with Crippen LogP contribution in [0.2, 0.25) is 0 Å². The topological polar surface area (TPSA) is 60.9 Å². The van der Waals surface area contributed by atoms with Crippen LogP contribution in [0.15, 0.2) is 47.4 Å². The van der Waals surface area contributed by atoms with Crippen LogP contribution in [-0.2, 0) is 9.59 Å². The molecule has 2 aliphatic rings. The number of benzene rings is 2. The third kappa shape index (κ3) is 2.62. The fraction of sp³-hybridized carbons (Fsp3) is 0.150. The number of thioether (sulfide) groups is 1. The number of hydrogen-bond acceptors (Lipinski definition) is 5. The van der Waals surface area contributed by atoms with E-state index in [1.807, 2.05) is 32.0 Å².